The summed E-state index contributed by atoms with van der Waals surface area (Å²) in [6.07, 6.45) is 0.788. The lowest BCUT2D eigenvalue weighted by atomic mass is 9.99. The molecule has 1 amide bonds. The van der Waals surface area contributed by atoms with Gasteiger partial charge in [0.25, 0.3) is 0 Å². The molecule has 1 saturated heterocycles. The summed E-state index contributed by atoms with van der Waals surface area (Å²) in [5, 5.41) is 0. The van der Waals surface area contributed by atoms with Crippen molar-refractivity contribution in [1.82, 2.24) is 4.90 Å². The van der Waals surface area contributed by atoms with Crippen LogP contribution in [0.4, 0.5) is 13.6 Å². The number of nitrogens with zero attached hydrogens (tertiary/aromatic N) is 1. The lowest BCUT2D eigenvalue weighted by Gasteiger charge is -2.33. The molecule has 0 aromatic heterocycles. The third kappa shape index (κ3) is 7.81. The average molecular weight is 482 g/mol. The highest BCUT2D eigenvalue weighted by Gasteiger charge is 2.29. The first kappa shape index (κ1) is 26.8. The maximum Gasteiger partial charge on any atom is 0.410 e. The van der Waals surface area contributed by atoms with Gasteiger partial charge in [0.15, 0.2) is 9.84 Å². The number of hydrogen-bond donors (Lipinski definition) is 0. The molecule has 2 aromatic carbocycles. The van der Waals surface area contributed by atoms with E-state index in [-0.39, 0.29) is 22.7 Å². The molecule has 0 spiro atoms. The minimum Gasteiger partial charge on any atom is -0.444 e. The molecule has 1 heterocycles. The Labute approximate surface area is 195 Å². The number of hydrogen-bond acceptors (Lipinski definition) is 4. The van der Waals surface area contributed by atoms with Crippen LogP contribution in [0.2, 0.25) is 0 Å². The van der Waals surface area contributed by atoms with Crippen LogP contribution in [0.25, 0.3) is 11.1 Å². The van der Waals surface area contributed by atoms with Crippen molar-refractivity contribution in [3.05, 3.63) is 54.1 Å². The van der Waals surface area contributed by atoms with E-state index in [1.165, 1.54) is 24.3 Å². The van der Waals surface area contributed by atoms with Crippen molar-refractivity contribution in [2.75, 3.05) is 18.8 Å². The molecule has 0 saturated carbocycles. The van der Waals surface area contributed by atoms with Crippen molar-refractivity contribution in [3.63, 3.8) is 0 Å². The molecule has 0 radical (unpaired) electrons. The van der Waals surface area contributed by atoms with Gasteiger partial charge in [-0.1, -0.05) is 26.0 Å². The van der Waals surface area contributed by atoms with Crippen LogP contribution >= 0.6 is 0 Å². The second-order valence-electron chi connectivity index (χ2n) is 8.87. The lowest BCUT2D eigenvalue weighted by molar-refractivity contribution is 0.0191. The molecule has 182 valence electrons. The van der Waals surface area contributed by atoms with Crippen molar-refractivity contribution in [1.29, 1.82) is 0 Å². The van der Waals surface area contributed by atoms with Crippen LogP contribution in [0.1, 0.15) is 47.5 Å². The second kappa shape index (κ2) is 11.1. The number of amides is 1. The first-order chi connectivity index (χ1) is 15.4. The summed E-state index contributed by atoms with van der Waals surface area (Å²) in [6.45, 7) is 10.3. The fourth-order valence-corrected chi connectivity index (χ4v) is 5.29. The number of halogens is 2. The minimum absolute atomic E-state index is 0.0108. The highest BCUT2D eigenvalue weighted by Crippen LogP contribution is 2.27. The zero-order valence-corrected chi connectivity index (χ0v) is 20.7. The highest BCUT2D eigenvalue weighted by atomic mass is 32.2. The van der Waals surface area contributed by atoms with E-state index >= 15 is 0 Å². The van der Waals surface area contributed by atoms with Crippen molar-refractivity contribution in [3.8, 4) is 11.1 Å². The maximum atomic E-state index is 13.4. The molecule has 8 heteroatoms. The smallest absolute Gasteiger partial charge is 0.410 e. The molecule has 2 aromatic rings. The Morgan fingerprint density at radius 2 is 1.48 bits per heavy atom. The van der Waals surface area contributed by atoms with Gasteiger partial charge in [-0.05, 0) is 74.9 Å². The molecular weight excluding hydrogens is 448 g/mol. The summed E-state index contributed by atoms with van der Waals surface area (Å²) in [7, 11) is -3.52. The Hall–Kier alpha value is -2.48. The summed E-state index contributed by atoms with van der Waals surface area (Å²) in [6, 6.07) is 9.21. The fraction of sp³-hybridized carbons (Fsp3) is 0.480. The van der Waals surface area contributed by atoms with E-state index in [2.05, 4.69) is 0 Å². The molecular formula is C25H33F2NO4S. The number of benzene rings is 2. The molecule has 0 N–H and O–H groups in total. The molecule has 0 bridgehead atoms. The lowest BCUT2D eigenvalue weighted by Crippen LogP contribution is -2.42. The summed E-state index contributed by atoms with van der Waals surface area (Å²) < 4.78 is 57.9. The highest BCUT2D eigenvalue weighted by molar-refractivity contribution is 7.91. The Balaban J connectivity index is 0.00000187. The van der Waals surface area contributed by atoms with E-state index in [1.807, 2.05) is 13.8 Å². The molecule has 3 rings (SSSR count). The summed E-state index contributed by atoms with van der Waals surface area (Å²) in [5.74, 6) is -1.45. The number of carbonyl (C=O) groups is 1. The first-order valence-corrected chi connectivity index (χ1v) is 12.9. The first-order valence-electron chi connectivity index (χ1n) is 11.2. The predicted molar refractivity (Wildman–Crippen MR) is 126 cm³/mol. The zero-order chi connectivity index (χ0) is 24.8. The van der Waals surface area contributed by atoms with Crippen molar-refractivity contribution < 1.29 is 26.7 Å². The van der Waals surface area contributed by atoms with Gasteiger partial charge in [0.05, 0.1) is 10.6 Å². The van der Waals surface area contributed by atoms with Gasteiger partial charge in [-0.25, -0.2) is 22.0 Å². The van der Waals surface area contributed by atoms with Crippen molar-refractivity contribution in [2.45, 2.75) is 58.0 Å². The third-order valence-electron chi connectivity index (χ3n) is 5.13. The summed E-state index contributed by atoms with van der Waals surface area (Å²) in [5.41, 5.74) is 0.305. The third-order valence-corrected chi connectivity index (χ3v) is 7.03. The van der Waals surface area contributed by atoms with E-state index < -0.39 is 27.1 Å². The van der Waals surface area contributed by atoms with Gasteiger partial charge in [0.2, 0.25) is 0 Å². The Bertz CT molecular complexity index is 1020. The maximum absolute atomic E-state index is 13.4. The summed E-state index contributed by atoms with van der Waals surface area (Å²) >= 11 is 0. The predicted octanol–water partition coefficient (Wildman–Crippen LogP) is 6.08. The van der Waals surface area contributed by atoms with Crippen LogP contribution in [0, 0.1) is 17.6 Å². The van der Waals surface area contributed by atoms with Crippen LogP contribution in [0.15, 0.2) is 47.4 Å². The molecule has 33 heavy (non-hydrogen) atoms. The van der Waals surface area contributed by atoms with Crippen LogP contribution in [-0.4, -0.2) is 43.9 Å². The van der Waals surface area contributed by atoms with Crippen LogP contribution in [0.5, 0.6) is 0 Å². The number of ether oxygens (including phenoxy) is 1. The molecule has 0 unspecified atom stereocenters. The number of rotatable bonds is 4. The fourth-order valence-electron chi connectivity index (χ4n) is 3.59. The number of sulfone groups is 1. The molecule has 1 aliphatic heterocycles. The van der Waals surface area contributed by atoms with E-state index in [1.54, 1.807) is 37.8 Å². The summed E-state index contributed by atoms with van der Waals surface area (Å²) in [4.78, 5) is 13.9. The topological polar surface area (TPSA) is 63.7 Å². The van der Waals surface area contributed by atoms with E-state index in [0.29, 0.717) is 37.1 Å². The minimum atomic E-state index is -3.52. The number of piperidine rings is 1. The van der Waals surface area contributed by atoms with E-state index in [0.717, 1.165) is 6.07 Å². The Kier molecular flexibility index (Phi) is 9.00. The SMILES string of the molecule is CC.CC(C)(C)OC(=O)N1CCC(CS(=O)(=O)c2ccc(-c3cc(F)cc(F)c3)cc2)CC1. The van der Waals surface area contributed by atoms with Gasteiger partial charge in [0, 0.05) is 19.2 Å². The average Bonchev–Trinajstić information content (AvgIpc) is 2.73. The van der Waals surface area contributed by atoms with Gasteiger partial charge in [0.1, 0.15) is 17.2 Å². The zero-order valence-electron chi connectivity index (χ0n) is 19.9. The van der Waals surface area contributed by atoms with Gasteiger partial charge in [-0.3, -0.25) is 0 Å². The monoisotopic (exact) mass is 481 g/mol. The van der Waals surface area contributed by atoms with E-state index in [4.69, 9.17) is 4.74 Å². The van der Waals surface area contributed by atoms with Gasteiger partial charge < -0.3 is 9.64 Å². The van der Waals surface area contributed by atoms with Crippen molar-refractivity contribution in [2.24, 2.45) is 5.92 Å². The van der Waals surface area contributed by atoms with Gasteiger partial charge >= 0.3 is 6.09 Å². The van der Waals surface area contributed by atoms with Crippen molar-refractivity contribution >= 4 is 15.9 Å². The van der Waals surface area contributed by atoms with Gasteiger partial charge in [-0.15, -0.1) is 0 Å². The molecule has 5 nitrogen and oxygen atoms in total. The molecule has 1 aliphatic rings. The van der Waals surface area contributed by atoms with E-state index in [9.17, 15) is 22.0 Å². The number of likely N-dealkylation sites (tertiary alicyclic amines) is 1. The molecule has 1 fully saturated rings. The molecule has 0 aliphatic carbocycles. The molecule has 0 atom stereocenters. The Morgan fingerprint density at radius 3 is 1.97 bits per heavy atom. The Morgan fingerprint density at radius 1 is 0.970 bits per heavy atom. The standard InChI is InChI=1S/C23H27F2NO4S.C2H6/c1-23(2,3)30-22(27)26-10-8-16(9-11-26)15-31(28,29)21-6-4-17(5-7-21)18-12-19(24)14-20(25)13-18;1-2/h4-7,12-14,16H,8-11,15H2,1-3H3;1-2H3. The van der Waals surface area contributed by atoms with Crippen LogP contribution in [0.3, 0.4) is 0 Å². The van der Waals surface area contributed by atoms with Crippen LogP contribution < -0.4 is 0 Å². The number of carbonyl (C=O) groups excluding carboxylic acids is 1. The largest absolute Gasteiger partial charge is 0.444 e. The second-order valence-corrected chi connectivity index (χ2v) is 10.9. The normalized spacial score (nSPS) is 14.9. The van der Waals surface area contributed by atoms with Gasteiger partial charge in [-0.2, -0.15) is 0 Å². The quantitative estimate of drug-likeness (QED) is 0.531. The van der Waals surface area contributed by atoms with Crippen LogP contribution in [-0.2, 0) is 14.6 Å².